The fraction of sp³-hybridized carbons (Fsp3) is 0.684. The third-order valence-electron chi connectivity index (χ3n) is 6.02. The summed E-state index contributed by atoms with van der Waals surface area (Å²) in [6.45, 7) is 4.02. The minimum atomic E-state index is -3.49. The van der Waals surface area contributed by atoms with Crippen LogP contribution >= 0.6 is 11.6 Å². The van der Waals surface area contributed by atoms with E-state index in [-0.39, 0.29) is 17.4 Å². The van der Waals surface area contributed by atoms with Gasteiger partial charge in [0.25, 0.3) is 10.1 Å². The summed E-state index contributed by atoms with van der Waals surface area (Å²) in [7, 11) is -3.49. The largest absolute Gasteiger partial charge is 0.316 e. The molecule has 0 aromatic heterocycles. The standard InChI is InChI=1S/C19H28ClNO3S/c1-14-8-11-21-13-17(14)18(24-25(2,22)23)12-19(9-3-10-19)15-4-6-16(20)7-5-15/h4-7,14,17-18,21H,3,8-13H2,1-2H3/t14-,17+,18-/m0/s1. The molecule has 1 heterocycles. The highest BCUT2D eigenvalue weighted by atomic mass is 35.5. The van der Waals surface area contributed by atoms with Crippen LogP contribution in [0.1, 0.15) is 44.6 Å². The van der Waals surface area contributed by atoms with Gasteiger partial charge in [0.15, 0.2) is 0 Å². The van der Waals surface area contributed by atoms with Crippen LogP contribution in [0.15, 0.2) is 24.3 Å². The van der Waals surface area contributed by atoms with Crippen LogP contribution in [0.4, 0.5) is 0 Å². The number of halogens is 1. The average Bonchev–Trinajstić information content (AvgIpc) is 2.50. The van der Waals surface area contributed by atoms with Gasteiger partial charge in [0, 0.05) is 17.5 Å². The molecule has 0 unspecified atom stereocenters. The van der Waals surface area contributed by atoms with Crippen molar-refractivity contribution in [2.24, 2.45) is 11.8 Å². The molecule has 1 saturated heterocycles. The third-order valence-corrected chi connectivity index (χ3v) is 6.87. The van der Waals surface area contributed by atoms with Gasteiger partial charge in [0.2, 0.25) is 0 Å². The van der Waals surface area contributed by atoms with Crippen LogP contribution in [0.2, 0.25) is 5.02 Å². The Morgan fingerprint density at radius 3 is 2.52 bits per heavy atom. The van der Waals surface area contributed by atoms with Gasteiger partial charge < -0.3 is 5.32 Å². The van der Waals surface area contributed by atoms with E-state index in [1.54, 1.807) is 0 Å². The molecule has 2 fully saturated rings. The maximum Gasteiger partial charge on any atom is 0.264 e. The van der Waals surface area contributed by atoms with Crippen LogP contribution in [0.25, 0.3) is 0 Å². The lowest BCUT2D eigenvalue weighted by atomic mass is 9.60. The molecule has 3 rings (SSSR count). The second kappa shape index (κ2) is 7.55. The summed E-state index contributed by atoms with van der Waals surface area (Å²) in [5.74, 6) is 0.670. The molecule has 0 spiro atoms. The Balaban J connectivity index is 1.86. The molecule has 1 aliphatic carbocycles. The predicted molar refractivity (Wildman–Crippen MR) is 101 cm³/mol. The molecule has 1 aliphatic heterocycles. The van der Waals surface area contributed by atoms with Crippen molar-refractivity contribution >= 4 is 21.7 Å². The summed E-state index contributed by atoms with van der Waals surface area (Å²) in [5.41, 5.74) is 1.26. The van der Waals surface area contributed by atoms with Gasteiger partial charge in [0.1, 0.15) is 0 Å². The number of hydrogen-bond acceptors (Lipinski definition) is 4. The van der Waals surface area contributed by atoms with Crippen LogP contribution in [-0.4, -0.2) is 33.9 Å². The summed E-state index contributed by atoms with van der Waals surface area (Å²) in [5, 5.41) is 4.14. The maximum atomic E-state index is 11.9. The lowest BCUT2D eigenvalue weighted by molar-refractivity contribution is 0.0426. The van der Waals surface area contributed by atoms with Crippen LogP contribution in [-0.2, 0) is 19.7 Å². The van der Waals surface area contributed by atoms with E-state index in [0.29, 0.717) is 5.92 Å². The molecule has 2 aliphatic rings. The zero-order valence-corrected chi connectivity index (χ0v) is 16.6. The highest BCUT2D eigenvalue weighted by Crippen LogP contribution is 2.49. The van der Waals surface area contributed by atoms with Crippen LogP contribution in [0.3, 0.4) is 0 Å². The minimum Gasteiger partial charge on any atom is -0.316 e. The Morgan fingerprint density at radius 2 is 2.00 bits per heavy atom. The van der Waals surface area contributed by atoms with Crippen molar-refractivity contribution < 1.29 is 12.6 Å². The number of benzene rings is 1. The molecule has 0 bridgehead atoms. The topological polar surface area (TPSA) is 55.4 Å². The second-order valence-corrected chi connectivity index (χ2v) is 9.85. The molecule has 1 saturated carbocycles. The summed E-state index contributed by atoms with van der Waals surface area (Å²) < 4.78 is 29.4. The van der Waals surface area contributed by atoms with Crippen molar-refractivity contribution in [3.05, 3.63) is 34.9 Å². The molecule has 1 aromatic carbocycles. The zero-order valence-electron chi connectivity index (χ0n) is 15.0. The van der Waals surface area contributed by atoms with Gasteiger partial charge in [-0.2, -0.15) is 8.42 Å². The lowest BCUT2D eigenvalue weighted by Crippen LogP contribution is -2.47. The Hall–Kier alpha value is -0.620. The van der Waals surface area contributed by atoms with Crippen LogP contribution < -0.4 is 5.32 Å². The molecule has 25 heavy (non-hydrogen) atoms. The molecule has 0 amide bonds. The van der Waals surface area contributed by atoms with Gasteiger partial charge in [0.05, 0.1) is 12.4 Å². The molecule has 4 nitrogen and oxygen atoms in total. The average molecular weight is 386 g/mol. The van der Waals surface area contributed by atoms with Gasteiger partial charge in [-0.25, -0.2) is 0 Å². The molecular formula is C19H28ClNO3S. The third kappa shape index (κ3) is 4.57. The lowest BCUT2D eigenvalue weighted by Gasteiger charge is -2.47. The van der Waals surface area contributed by atoms with E-state index in [1.807, 2.05) is 12.1 Å². The van der Waals surface area contributed by atoms with Gasteiger partial charge in [-0.05, 0) is 61.3 Å². The fourth-order valence-corrected chi connectivity index (χ4v) is 5.18. The number of piperidine rings is 1. The van der Waals surface area contributed by atoms with Gasteiger partial charge in [-0.3, -0.25) is 4.18 Å². The first-order chi connectivity index (χ1) is 11.8. The van der Waals surface area contributed by atoms with E-state index in [1.165, 1.54) is 12.0 Å². The first-order valence-corrected chi connectivity index (χ1v) is 11.3. The Morgan fingerprint density at radius 1 is 1.32 bits per heavy atom. The normalized spacial score (nSPS) is 27.5. The fourth-order valence-electron chi connectivity index (χ4n) is 4.40. The van der Waals surface area contributed by atoms with E-state index in [0.717, 1.165) is 50.1 Å². The molecule has 6 heteroatoms. The van der Waals surface area contributed by atoms with Gasteiger partial charge in [-0.15, -0.1) is 0 Å². The predicted octanol–water partition coefficient (Wildman–Crippen LogP) is 3.74. The first kappa shape index (κ1) is 19.2. The summed E-state index contributed by atoms with van der Waals surface area (Å²) in [6.07, 6.45) is 6.01. The van der Waals surface area contributed by atoms with E-state index >= 15 is 0 Å². The maximum absolute atomic E-state index is 11.9. The number of rotatable bonds is 6. The first-order valence-electron chi connectivity index (χ1n) is 9.14. The minimum absolute atomic E-state index is 0.0110. The highest BCUT2D eigenvalue weighted by molar-refractivity contribution is 7.86. The molecule has 1 aromatic rings. The van der Waals surface area contributed by atoms with Crippen molar-refractivity contribution in [2.45, 2.75) is 50.5 Å². The molecule has 0 radical (unpaired) electrons. The summed E-state index contributed by atoms with van der Waals surface area (Å²) in [6, 6.07) is 8.02. The monoisotopic (exact) mass is 385 g/mol. The molecule has 1 N–H and O–H groups in total. The highest BCUT2D eigenvalue weighted by Gasteiger charge is 2.44. The van der Waals surface area contributed by atoms with E-state index in [4.69, 9.17) is 15.8 Å². The molecular weight excluding hydrogens is 358 g/mol. The van der Waals surface area contributed by atoms with E-state index in [9.17, 15) is 8.42 Å². The summed E-state index contributed by atoms with van der Waals surface area (Å²) in [4.78, 5) is 0. The SMILES string of the molecule is C[C@H]1CCNC[C@H]1[C@H](CC1(c2ccc(Cl)cc2)CCC1)OS(C)(=O)=O. The van der Waals surface area contributed by atoms with Crippen molar-refractivity contribution in [3.63, 3.8) is 0 Å². The van der Waals surface area contributed by atoms with Crippen LogP contribution in [0.5, 0.6) is 0 Å². The Bertz CT molecular complexity index is 685. The zero-order chi connectivity index (χ0) is 18.1. The van der Waals surface area contributed by atoms with Crippen molar-refractivity contribution in [2.75, 3.05) is 19.3 Å². The van der Waals surface area contributed by atoms with Gasteiger partial charge >= 0.3 is 0 Å². The number of nitrogens with one attached hydrogen (secondary N) is 1. The molecule has 3 atom stereocenters. The van der Waals surface area contributed by atoms with Crippen molar-refractivity contribution in [3.8, 4) is 0 Å². The Labute approximate surface area is 156 Å². The van der Waals surface area contributed by atoms with Gasteiger partial charge in [-0.1, -0.05) is 37.1 Å². The Kier molecular flexibility index (Phi) is 5.78. The quantitative estimate of drug-likeness (QED) is 0.758. The molecule has 140 valence electrons. The van der Waals surface area contributed by atoms with E-state index < -0.39 is 10.1 Å². The van der Waals surface area contributed by atoms with Crippen LogP contribution in [0, 0.1) is 11.8 Å². The number of hydrogen-bond donors (Lipinski definition) is 1. The van der Waals surface area contributed by atoms with E-state index in [2.05, 4.69) is 24.4 Å². The van der Waals surface area contributed by atoms with Crippen molar-refractivity contribution in [1.82, 2.24) is 5.32 Å². The second-order valence-electron chi connectivity index (χ2n) is 7.82. The summed E-state index contributed by atoms with van der Waals surface area (Å²) >= 11 is 6.04. The van der Waals surface area contributed by atoms with Crippen molar-refractivity contribution in [1.29, 1.82) is 0 Å². The smallest absolute Gasteiger partial charge is 0.264 e.